The van der Waals surface area contributed by atoms with Gasteiger partial charge in [-0.3, -0.25) is 4.79 Å². The monoisotopic (exact) mass is 364 g/mol. The van der Waals surface area contributed by atoms with Crippen molar-refractivity contribution in [3.05, 3.63) is 50.5 Å². The van der Waals surface area contributed by atoms with Gasteiger partial charge in [0.05, 0.1) is 9.48 Å². The Morgan fingerprint density at radius 2 is 2.33 bits per heavy atom. The number of hydrogen-bond acceptors (Lipinski definition) is 4. The molecule has 108 valence electrons. The Morgan fingerprint density at radius 3 is 3.05 bits per heavy atom. The van der Waals surface area contributed by atoms with Gasteiger partial charge in [0.25, 0.3) is 5.91 Å². The van der Waals surface area contributed by atoms with E-state index in [2.05, 4.69) is 26.0 Å². The minimum Gasteiger partial charge on any atom is -0.337 e. The normalized spacial score (nSPS) is 11.0. The van der Waals surface area contributed by atoms with Crippen molar-refractivity contribution in [2.75, 3.05) is 7.05 Å². The quantitative estimate of drug-likeness (QED) is 0.717. The van der Waals surface area contributed by atoms with Crippen molar-refractivity contribution >= 4 is 38.8 Å². The summed E-state index contributed by atoms with van der Waals surface area (Å²) < 4.78 is 2.70. The molecule has 0 atom stereocenters. The molecule has 0 saturated carbocycles. The van der Waals surface area contributed by atoms with Crippen LogP contribution in [0.15, 0.2) is 33.7 Å². The Labute approximate surface area is 134 Å². The number of amides is 1. The van der Waals surface area contributed by atoms with Gasteiger partial charge in [0.1, 0.15) is 5.56 Å². The molecule has 0 N–H and O–H groups in total. The van der Waals surface area contributed by atoms with Crippen LogP contribution in [-0.4, -0.2) is 32.5 Å². The molecule has 0 spiro atoms. The summed E-state index contributed by atoms with van der Waals surface area (Å²) >= 11 is 5.04. The SMILES string of the molecule is Cc1nn2cccnc2c1C(=O)N(C)Cc1csc(Br)c1. The number of halogens is 1. The molecule has 0 aliphatic carbocycles. The molecule has 3 heterocycles. The van der Waals surface area contributed by atoms with Gasteiger partial charge in [0, 0.05) is 26.0 Å². The van der Waals surface area contributed by atoms with Gasteiger partial charge in [-0.05, 0) is 45.9 Å². The zero-order valence-corrected chi connectivity index (χ0v) is 14.0. The second-order valence-corrected chi connectivity index (χ2v) is 7.06. The maximum atomic E-state index is 12.7. The molecule has 3 aromatic rings. The van der Waals surface area contributed by atoms with Crippen LogP contribution in [0.2, 0.25) is 0 Å². The lowest BCUT2D eigenvalue weighted by molar-refractivity contribution is 0.0786. The number of fused-ring (bicyclic) bond motifs is 1. The predicted octanol–water partition coefficient (Wildman–Crippen LogP) is 3.13. The van der Waals surface area contributed by atoms with Crippen molar-refractivity contribution < 1.29 is 4.79 Å². The molecule has 0 aliphatic rings. The van der Waals surface area contributed by atoms with E-state index in [1.165, 1.54) is 0 Å². The maximum absolute atomic E-state index is 12.7. The van der Waals surface area contributed by atoms with E-state index in [1.807, 2.05) is 18.4 Å². The maximum Gasteiger partial charge on any atom is 0.259 e. The van der Waals surface area contributed by atoms with E-state index in [1.54, 1.807) is 46.3 Å². The number of hydrogen-bond donors (Lipinski definition) is 0. The molecule has 0 aliphatic heterocycles. The number of rotatable bonds is 3. The lowest BCUT2D eigenvalue weighted by Gasteiger charge is -2.16. The van der Waals surface area contributed by atoms with Crippen LogP contribution >= 0.6 is 27.3 Å². The number of aromatic nitrogens is 3. The van der Waals surface area contributed by atoms with Crippen molar-refractivity contribution in [2.24, 2.45) is 0 Å². The first-order valence-electron chi connectivity index (χ1n) is 6.34. The molecule has 0 aromatic carbocycles. The van der Waals surface area contributed by atoms with Gasteiger partial charge < -0.3 is 4.90 Å². The molecule has 3 aromatic heterocycles. The highest BCUT2D eigenvalue weighted by atomic mass is 79.9. The van der Waals surface area contributed by atoms with Crippen molar-refractivity contribution in [3.8, 4) is 0 Å². The molecule has 5 nitrogen and oxygen atoms in total. The molecule has 3 rings (SSSR count). The third-order valence-electron chi connectivity index (χ3n) is 3.17. The average Bonchev–Trinajstić information content (AvgIpc) is 3.00. The fourth-order valence-electron chi connectivity index (χ4n) is 2.21. The molecule has 21 heavy (non-hydrogen) atoms. The first-order chi connectivity index (χ1) is 10.1. The Bertz CT molecular complexity index is 810. The summed E-state index contributed by atoms with van der Waals surface area (Å²) in [5, 5.41) is 6.37. The van der Waals surface area contributed by atoms with E-state index in [4.69, 9.17) is 0 Å². The van der Waals surface area contributed by atoms with Crippen LogP contribution < -0.4 is 0 Å². The van der Waals surface area contributed by atoms with E-state index in [9.17, 15) is 4.79 Å². The Hall–Kier alpha value is -1.73. The van der Waals surface area contributed by atoms with Crippen molar-refractivity contribution in [1.29, 1.82) is 0 Å². The summed E-state index contributed by atoms with van der Waals surface area (Å²) in [4.78, 5) is 18.6. The van der Waals surface area contributed by atoms with Gasteiger partial charge in [-0.15, -0.1) is 11.3 Å². The molecular weight excluding hydrogens is 352 g/mol. The molecule has 0 unspecified atom stereocenters. The summed E-state index contributed by atoms with van der Waals surface area (Å²) in [5.41, 5.74) is 2.95. The topological polar surface area (TPSA) is 50.5 Å². The molecular formula is C14H13BrN4OS. The average molecular weight is 365 g/mol. The first kappa shape index (κ1) is 14.2. The van der Waals surface area contributed by atoms with Gasteiger partial charge in [0.2, 0.25) is 0 Å². The van der Waals surface area contributed by atoms with Crippen LogP contribution in [0.3, 0.4) is 0 Å². The Morgan fingerprint density at radius 1 is 1.52 bits per heavy atom. The van der Waals surface area contributed by atoms with Crippen LogP contribution in [0.5, 0.6) is 0 Å². The van der Waals surface area contributed by atoms with Gasteiger partial charge in [-0.25, -0.2) is 9.50 Å². The van der Waals surface area contributed by atoms with Gasteiger partial charge in [-0.1, -0.05) is 0 Å². The van der Waals surface area contributed by atoms with Crippen LogP contribution in [-0.2, 0) is 6.54 Å². The highest BCUT2D eigenvalue weighted by Gasteiger charge is 2.21. The fourth-order valence-corrected chi connectivity index (χ4v) is 3.41. The highest BCUT2D eigenvalue weighted by molar-refractivity contribution is 9.11. The van der Waals surface area contributed by atoms with Gasteiger partial charge >= 0.3 is 0 Å². The molecule has 0 bridgehead atoms. The third-order valence-corrected chi connectivity index (χ3v) is 4.73. The molecule has 1 amide bonds. The van der Waals surface area contributed by atoms with E-state index in [-0.39, 0.29) is 5.91 Å². The summed E-state index contributed by atoms with van der Waals surface area (Å²) in [5.74, 6) is -0.0662. The summed E-state index contributed by atoms with van der Waals surface area (Å²) in [6.45, 7) is 2.39. The Balaban J connectivity index is 1.91. The summed E-state index contributed by atoms with van der Waals surface area (Å²) in [6.07, 6.45) is 3.46. The van der Waals surface area contributed by atoms with Crippen LogP contribution in [0.25, 0.3) is 5.65 Å². The van der Waals surface area contributed by atoms with E-state index >= 15 is 0 Å². The number of aryl methyl sites for hydroxylation is 1. The molecule has 0 radical (unpaired) electrons. The molecule has 0 saturated heterocycles. The van der Waals surface area contributed by atoms with Gasteiger partial charge in [-0.2, -0.15) is 5.10 Å². The second kappa shape index (κ2) is 5.57. The Kier molecular flexibility index (Phi) is 3.77. The van der Waals surface area contributed by atoms with E-state index in [0.29, 0.717) is 23.4 Å². The highest BCUT2D eigenvalue weighted by Crippen LogP contribution is 2.22. The number of nitrogens with zero attached hydrogens (tertiary/aromatic N) is 4. The van der Waals surface area contributed by atoms with Crippen molar-refractivity contribution in [3.63, 3.8) is 0 Å². The van der Waals surface area contributed by atoms with Crippen LogP contribution in [0.1, 0.15) is 21.6 Å². The number of carbonyl (C=O) groups is 1. The van der Waals surface area contributed by atoms with E-state index in [0.717, 1.165) is 9.35 Å². The van der Waals surface area contributed by atoms with Crippen LogP contribution in [0.4, 0.5) is 0 Å². The second-order valence-electron chi connectivity index (χ2n) is 4.77. The standard InChI is InChI=1S/C14H13BrN4OS/c1-9-12(13-16-4-3-5-19(13)17-9)14(20)18(2)7-10-6-11(15)21-8-10/h3-6,8H,7H2,1-2H3. The number of thiophene rings is 1. The number of carbonyl (C=O) groups excluding carboxylic acids is 1. The van der Waals surface area contributed by atoms with Crippen LogP contribution in [0, 0.1) is 6.92 Å². The zero-order valence-electron chi connectivity index (χ0n) is 11.6. The molecule has 0 fully saturated rings. The van der Waals surface area contributed by atoms with Gasteiger partial charge in [0.15, 0.2) is 5.65 Å². The summed E-state index contributed by atoms with van der Waals surface area (Å²) in [7, 11) is 1.79. The lowest BCUT2D eigenvalue weighted by Crippen LogP contribution is -2.26. The minimum atomic E-state index is -0.0662. The molecule has 7 heteroatoms. The summed E-state index contributed by atoms with van der Waals surface area (Å²) in [6, 6.07) is 3.82. The zero-order chi connectivity index (χ0) is 15.0. The van der Waals surface area contributed by atoms with Crippen molar-refractivity contribution in [2.45, 2.75) is 13.5 Å². The lowest BCUT2D eigenvalue weighted by atomic mass is 10.2. The minimum absolute atomic E-state index is 0.0662. The van der Waals surface area contributed by atoms with E-state index < -0.39 is 0 Å². The smallest absolute Gasteiger partial charge is 0.259 e. The fraction of sp³-hybridized carbons (Fsp3) is 0.214. The first-order valence-corrected chi connectivity index (χ1v) is 8.02. The predicted molar refractivity (Wildman–Crippen MR) is 85.5 cm³/mol. The largest absolute Gasteiger partial charge is 0.337 e. The van der Waals surface area contributed by atoms with Crippen molar-refractivity contribution in [1.82, 2.24) is 19.5 Å². The third kappa shape index (κ3) is 2.71.